The molecule has 0 aromatic heterocycles. The van der Waals surface area contributed by atoms with E-state index in [1.165, 1.54) is 49.9 Å². The van der Waals surface area contributed by atoms with Gasteiger partial charge in [0.25, 0.3) is 0 Å². The number of halogens is 1. The van der Waals surface area contributed by atoms with Gasteiger partial charge < -0.3 is 15.4 Å². The number of guanidine groups is 1. The molecule has 0 spiro atoms. The standard InChI is InChI=1S/C21H32N4O.HI/c1-15-5-7-16(8-6-15)19(25-11-3-4-12-25)14-23-21(22-2)24-18-13-17-9-10-20(18)26-17;/h5-8,17-20H,3-4,9-14H2,1-2H3,(H2,22,23,24);1H. The molecule has 0 radical (unpaired) electrons. The van der Waals surface area contributed by atoms with Crippen LogP contribution in [0.25, 0.3) is 0 Å². The Morgan fingerprint density at radius 3 is 2.56 bits per heavy atom. The molecular formula is C21H33IN4O. The van der Waals surface area contributed by atoms with Crippen LogP contribution < -0.4 is 10.6 Å². The van der Waals surface area contributed by atoms with Gasteiger partial charge in [0.15, 0.2) is 5.96 Å². The topological polar surface area (TPSA) is 48.9 Å². The van der Waals surface area contributed by atoms with Gasteiger partial charge in [0.05, 0.1) is 24.3 Å². The summed E-state index contributed by atoms with van der Waals surface area (Å²) in [7, 11) is 1.86. The first kappa shape index (κ1) is 20.9. The van der Waals surface area contributed by atoms with E-state index in [0.29, 0.717) is 24.3 Å². The minimum absolute atomic E-state index is 0. The van der Waals surface area contributed by atoms with Crippen LogP contribution in [-0.4, -0.2) is 55.8 Å². The minimum Gasteiger partial charge on any atom is -0.373 e. The van der Waals surface area contributed by atoms with Crippen molar-refractivity contribution in [3.8, 4) is 0 Å². The molecule has 2 bridgehead atoms. The molecule has 150 valence electrons. The van der Waals surface area contributed by atoms with Crippen LogP contribution in [0.2, 0.25) is 0 Å². The van der Waals surface area contributed by atoms with Gasteiger partial charge in [0.1, 0.15) is 0 Å². The Balaban J connectivity index is 0.00000210. The van der Waals surface area contributed by atoms with E-state index in [1.54, 1.807) is 0 Å². The third kappa shape index (κ3) is 4.95. The summed E-state index contributed by atoms with van der Waals surface area (Å²) >= 11 is 0. The minimum atomic E-state index is 0. The normalized spacial score (nSPS) is 28.8. The molecule has 4 atom stereocenters. The van der Waals surface area contributed by atoms with E-state index < -0.39 is 0 Å². The van der Waals surface area contributed by atoms with E-state index >= 15 is 0 Å². The molecule has 3 aliphatic heterocycles. The van der Waals surface area contributed by atoms with Gasteiger partial charge in [-0.15, -0.1) is 24.0 Å². The van der Waals surface area contributed by atoms with E-state index in [0.717, 1.165) is 18.9 Å². The van der Waals surface area contributed by atoms with E-state index in [9.17, 15) is 0 Å². The van der Waals surface area contributed by atoms with Crippen molar-refractivity contribution < 1.29 is 4.74 Å². The quantitative estimate of drug-likeness (QED) is 0.383. The van der Waals surface area contributed by atoms with E-state index in [2.05, 4.69) is 51.7 Å². The fraction of sp³-hybridized carbons (Fsp3) is 0.667. The number of rotatable bonds is 5. The lowest BCUT2D eigenvalue weighted by atomic mass is 9.96. The Labute approximate surface area is 180 Å². The SMILES string of the molecule is CN=C(NCC(c1ccc(C)cc1)N1CCCC1)NC1CC2CCC1O2.I. The summed E-state index contributed by atoms with van der Waals surface area (Å²) in [5, 5.41) is 7.19. The molecule has 3 saturated heterocycles. The third-order valence-corrected chi connectivity index (χ3v) is 6.16. The lowest BCUT2D eigenvalue weighted by molar-refractivity contribution is 0.0992. The van der Waals surface area contributed by atoms with Crippen molar-refractivity contribution in [1.82, 2.24) is 15.5 Å². The number of ether oxygens (including phenoxy) is 1. The van der Waals surface area contributed by atoms with Crippen molar-refractivity contribution in [1.29, 1.82) is 0 Å². The zero-order valence-electron chi connectivity index (χ0n) is 16.5. The first-order chi connectivity index (χ1) is 12.7. The number of nitrogens with zero attached hydrogens (tertiary/aromatic N) is 2. The third-order valence-electron chi connectivity index (χ3n) is 6.16. The van der Waals surface area contributed by atoms with Crippen molar-refractivity contribution in [3.05, 3.63) is 35.4 Å². The summed E-state index contributed by atoms with van der Waals surface area (Å²) < 4.78 is 5.96. The van der Waals surface area contributed by atoms with Crippen molar-refractivity contribution in [2.24, 2.45) is 4.99 Å². The van der Waals surface area contributed by atoms with Crippen molar-refractivity contribution in [2.75, 3.05) is 26.7 Å². The number of hydrogen-bond donors (Lipinski definition) is 2. The highest BCUT2D eigenvalue weighted by molar-refractivity contribution is 14.0. The van der Waals surface area contributed by atoms with Crippen LogP contribution in [-0.2, 0) is 4.74 Å². The number of nitrogens with one attached hydrogen (secondary N) is 2. The van der Waals surface area contributed by atoms with Gasteiger partial charge in [0, 0.05) is 13.6 Å². The van der Waals surface area contributed by atoms with Crippen LogP contribution in [0.15, 0.2) is 29.3 Å². The molecule has 27 heavy (non-hydrogen) atoms. The lowest BCUT2D eigenvalue weighted by Gasteiger charge is -2.30. The predicted molar refractivity (Wildman–Crippen MR) is 121 cm³/mol. The van der Waals surface area contributed by atoms with Crippen molar-refractivity contribution in [3.63, 3.8) is 0 Å². The van der Waals surface area contributed by atoms with Crippen LogP contribution in [0.5, 0.6) is 0 Å². The molecule has 5 nitrogen and oxygen atoms in total. The van der Waals surface area contributed by atoms with Gasteiger partial charge in [-0.25, -0.2) is 0 Å². The molecule has 6 heteroatoms. The fourth-order valence-corrected chi connectivity index (χ4v) is 4.65. The van der Waals surface area contributed by atoms with Crippen LogP contribution >= 0.6 is 24.0 Å². The van der Waals surface area contributed by atoms with E-state index in [4.69, 9.17) is 4.74 Å². The van der Waals surface area contributed by atoms with Gasteiger partial charge in [-0.2, -0.15) is 0 Å². The summed E-state index contributed by atoms with van der Waals surface area (Å²) in [5.41, 5.74) is 2.71. The number of aryl methyl sites for hydroxylation is 1. The maximum absolute atomic E-state index is 5.96. The Bertz CT molecular complexity index is 630. The molecule has 1 aromatic rings. The number of benzene rings is 1. The maximum Gasteiger partial charge on any atom is 0.191 e. The largest absolute Gasteiger partial charge is 0.373 e. The number of likely N-dealkylation sites (tertiary alicyclic amines) is 1. The first-order valence-corrected chi connectivity index (χ1v) is 10.2. The molecule has 0 amide bonds. The molecular weight excluding hydrogens is 451 g/mol. The van der Waals surface area contributed by atoms with Gasteiger partial charge in [-0.3, -0.25) is 9.89 Å². The Kier molecular flexibility index (Phi) is 7.39. The molecule has 3 aliphatic rings. The maximum atomic E-state index is 5.96. The van der Waals surface area contributed by atoms with E-state index in [1.807, 2.05) is 7.05 Å². The highest BCUT2D eigenvalue weighted by Crippen LogP contribution is 2.34. The first-order valence-electron chi connectivity index (χ1n) is 10.2. The second-order valence-corrected chi connectivity index (χ2v) is 7.98. The van der Waals surface area contributed by atoms with Gasteiger partial charge in [-0.1, -0.05) is 29.8 Å². The van der Waals surface area contributed by atoms with Crippen molar-refractivity contribution in [2.45, 2.75) is 63.3 Å². The summed E-state index contributed by atoms with van der Waals surface area (Å²) in [6.45, 7) is 5.40. The summed E-state index contributed by atoms with van der Waals surface area (Å²) in [4.78, 5) is 7.06. The van der Waals surface area contributed by atoms with Crippen LogP contribution in [0, 0.1) is 6.92 Å². The zero-order chi connectivity index (χ0) is 17.9. The van der Waals surface area contributed by atoms with Crippen LogP contribution in [0.4, 0.5) is 0 Å². The molecule has 0 saturated carbocycles. The monoisotopic (exact) mass is 484 g/mol. The average Bonchev–Trinajstić information content (AvgIpc) is 3.40. The van der Waals surface area contributed by atoms with Gasteiger partial charge in [0.2, 0.25) is 0 Å². The molecule has 3 fully saturated rings. The molecule has 3 heterocycles. The molecule has 0 aliphatic carbocycles. The van der Waals surface area contributed by atoms with Crippen molar-refractivity contribution >= 4 is 29.9 Å². The van der Waals surface area contributed by atoms with E-state index in [-0.39, 0.29) is 24.0 Å². The van der Waals surface area contributed by atoms with Crippen LogP contribution in [0.3, 0.4) is 0 Å². The number of hydrogen-bond acceptors (Lipinski definition) is 3. The lowest BCUT2D eigenvalue weighted by Crippen LogP contribution is -2.49. The summed E-state index contributed by atoms with van der Waals surface area (Å²) in [5.74, 6) is 0.905. The molecule has 4 rings (SSSR count). The smallest absolute Gasteiger partial charge is 0.191 e. The molecule has 2 N–H and O–H groups in total. The number of fused-ring (bicyclic) bond motifs is 2. The van der Waals surface area contributed by atoms with Gasteiger partial charge in [-0.05, 0) is 57.7 Å². The Morgan fingerprint density at radius 2 is 1.96 bits per heavy atom. The summed E-state index contributed by atoms with van der Waals surface area (Å²) in [6.07, 6.45) is 6.94. The Hall–Kier alpha value is -0.860. The summed E-state index contributed by atoms with van der Waals surface area (Å²) in [6, 6.07) is 9.80. The Morgan fingerprint density at radius 1 is 1.22 bits per heavy atom. The predicted octanol–water partition coefficient (Wildman–Crippen LogP) is 3.23. The van der Waals surface area contributed by atoms with Gasteiger partial charge >= 0.3 is 0 Å². The highest BCUT2D eigenvalue weighted by atomic mass is 127. The zero-order valence-corrected chi connectivity index (χ0v) is 18.8. The molecule has 4 unspecified atom stereocenters. The second kappa shape index (κ2) is 9.56. The number of aliphatic imine (C=N–C) groups is 1. The average molecular weight is 484 g/mol. The molecule has 1 aromatic carbocycles. The van der Waals surface area contributed by atoms with Crippen LogP contribution in [0.1, 0.15) is 49.3 Å². The fourth-order valence-electron chi connectivity index (χ4n) is 4.65. The second-order valence-electron chi connectivity index (χ2n) is 7.98. The highest BCUT2D eigenvalue weighted by Gasteiger charge is 2.41.